The normalized spacial score (nSPS) is 11.0. The molecule has 0 aliphatic carbocycles. The van der Waals surface area contributed by atoms with Crippen LogP contribution in [-0.2, 0) is 6.42 Å². The van der Waals surface area contributed by atoms with Crippen LogP contribution in [0.4, 0.5) is 0 Å². The average Bonchev–Trinajstić information content (AvgIpc) is 2.89. The highest BCUT2D eigenvalue weighted by Gasteiger charge is 2.15. The number of ketones is 1. The number of hydrogen-bond acceptors (Lipinski definition) is 3. The van der Waals surface area contributed by atoms with E-state index in [-0.39, 0.29) is 5.78 Å². The van der Waals surface area contributed by atoms with Gasteiger partial charge in [0.25, 0.3) is 0 Å². The van der Waals surface area contributed by atoms with E-state index in [2.05, 4.69) is 10.1 Å². The number of rotatable bonds is 4. The molecule has 3 rings (SSSR count). The van der Waals surface area contributed by atoms with Gasteiger partial charge in [0.15, 0.2) is 11.4 Å². The average molecular weight is 314 g/mol. The van der Waals surface area contributed by atoms with Crippen molar-refractivity contribution in [2.24, 2.45) is 0 Å². The molecular formula is C17H16ClN3O. The Kier molecular flexibility index (Phi) is 3.94. The quantitative estimate of drug-likeness (QED) is 0.688. The fraction of sp³-hybridized carbons (Fsp3) is 0.235. The molecule has 4 nitrogen and oxygen atoms in total. The van der Waals surface area contributed by atoms with Crippen molar-refractivity contribution in [3.63, 3.8) is 0 Å². The van der Waals surface area contributed by atoms with Gasteiger partial charge in [-0.3, -0.25) is 4.79 Å². The number of halogens is 1. The predicted octanol–water partition coefficient (Wildman–Crippen LogP) is 3.82. The van der Waals surface area contributed by atoms with Crippen LogP contribution in [0.3, 0.4) is 0 Å². The van der Waals surface area contributed by atoms with E-state index < -0.39 is 0 Å². The van der Waals surface area contributed by atoms with Gasteiger partial charge in [-0.2, -0.15) is 5.10 Å². The van der Waals surface area contributed by atoms with Crippen molar-refractivity contribution >= 4 is 23.0 Å². The molecular weight excluding hydrogens is 298 g/mol. The molecule has 0 atom stereocenters. The first-order valence-corrected chi connectivity index (χ1v) is 7.52. The Balaban J connectivity index is 1.83. The number of carbonyl (C=O) groups is 1. The molecule has 5 heteroatoms. The second-order valence-electron chi connectivity index (χ2n) is 5.39. The molecule has 22 heavy (non-hydrogen) atoms. The monoisotopic (exact) mass is 313 g/mol. The SMILES string of the molecule is Cc1cc(C)n2ncc(C(=O)CCc3cccc(Cl)c3)c2n1. The van der Waals surface area contributed by atoms with Crippen LogP contribution in [-0.4, -0.2) is 20.4 Å². The molecule has 0 unspecified atom stereocenters. The number of aryl methyl sites for hydroxylation is 3. The molecule has 0 aliphatic heterocycles. The van der Waals surface area contributed by atoms with Crippen molar-refractivity contribution in [3.05, 3.63) is 64.1 Å². The molecule has 0 saturated carbocycles. The van der Waals surface area contributed by atoms with Crippen LogP contribution in [0.5, 0.6) is 0 Å². The maximum absolute atomic E-state index is 12.5. The first kappa shape index (κ1) is 14.7. The summed E-state index contributed by atoms with van der Waals surface area (Å²) in [5, 5.41) is 4.95. The third kappa shape index (κ3) is 2.88. The minimum Gasteiger partial charge on any atom is -0.294 e. The van der Waals surface area contributed by atoms with Gasteiger partial charge >= 0.3 is 0 Å². The number of aromatic nitrogens is 3. The third-order valence-corrected chi connectivity index (χ3v) is 3.84. The molecule has 0 N–H and O–H groups in total. The minimum absolute atomic E-state index is 0.0486. The molecule has 112 valence electrons. The van der Waals surface area contributed by atoms with Crippen LogP contribution >= 0.6 is 11.6 Å². The largest absolute Gasteiger partial charge is 0.294 e. The summed E-state index contributed by atoms with van der Waals surface area (Å²) in [6.45, 7) is 3.87. The van der Waals surface area contributed by atoms with E-state index in [0.717, 1.165) is 17.0 Å². The summed E-state index contributed by atoms with van der Waals surface area (Å²) in [6, 6.07) is 9.53. The van der Waals surface area contributed by atoms with Gasteiger partial charge in [-0.25, -0.2) is 9.50 Å². The van der Waals surface area contributed by atoms with E-state index in [4.69, 9.17) is 11.6 Å². The Hall–Kier alpha value is -2.20. The highest BCUT2D eigenvalue weighted by atomic mass is 35.5. The van der Waals surface area contributed by atoms with E-state index >= 15 is 0 Å². The number of hydrogen-bond donors (Lipinski definition) is 0. The highest BCUT2D eigenvalue weighted by molar-refractivity contribution is 6.30. The number of Topliss-reactive ketones (excluding diaryl/α,β-unsaturated/α-hetero) is 1. The maximum atomic E-state index is 12.5. The van der Waals surface area contributed by atoms with Crippen molar-refractivity contribution in [1.82, 2.24) is 14.6 Å². The Labute approximate surface area is 133 Å². The number of carbonyl (C=O) groups excluding carboxylic acids is 1. The molecule has 0 spiro atoms. The first-order valence-electron chi connectivity index (χ1n) is 7.14. The van der Waals surface area contributed by atoms with Crippen LogP contribution in [0.25, 0.3) is 5.65 Å². The minimum atomic E-state index is 0.0486. The smallest absolute Gasteiger partial charge is 0.168 e. The third-order valence-electron chi connectivity index (χ3n) is 3.61. The van der Waals surface area contributed by atoms with Crippen LogP contribution in [0.2, 0.25) is 5.02 Å². The lowest BCUT2D eigenvalue weighted by atomic mass is 10.0. The molecule has 2 aromatic heterocycles. The molecule has 3 aromatic rings. The van der Waals surface area contributed by atoms with Crippen LogP contribution in [0.15, 0.2) is 36.5 Å². The van der Waals surface area contributed by atoms with Gasteiger partial charge in [0.1, 0.15) is 0 Å². The predicted molar refractivity (Wildman–Crippen MR) is 86.6 cm³/mol. The summed E-state index contributed by atoms with van der Waals surface area (Å²) >= 11 is 5.96. The van der Waals surface area contributed by atoms with Crippen LogP contribution in [0.1, 0.15) is 33.7 Å². The standard InChI is InChI=1S/C17H16ClN3O/c1-11-8-12(2)21-17(20-11)15(10-19-21)16(22)7-6-13-4-3-5-14(18)9-13/h3-5,8-10H,6-7H2,1-2H3. The molecule has 1 aromatic carbocycles. The van der Waals surface area contributed by atoms with Gasteiger partial charge in [0.2, 0.25) is 0 Å². The van der Waals surface area contributed by atoms with Crippen molar-refractivity contribution in [2.75, 3.05) is 0 Å². The summed E-state index contributed by atoms with van der Waals surface area (Å²) in [4.78, 5) is 16.9. The zero-order valence-corrected chi connectivity index (χ0v) is 13.3. The van der Waals surface area contributed by atoms with Crippen molar-refractivity contribution in [2.45, 2.75) is 26.7 Å². The molecule has 0 bridgehead atoms. The molecule has 0 aliphatic rings. The summed E-state index contributed by atoms with van der Waals surface area (Å²) < 4.78 is 1.71. The molecule has 0 radical (unpaired) electrons. The van der Waals surface area contributed by atoms with Crippen LogP contribution in [0, 0.1) is 13.8 Å². The topological polar surface area (TPSA) is 47.3 Å². The molecule has 0 amide bonds. The van der Waals surface area contributed by atoms with E-state index in [0.29, 0.717) is 29.1 Å². The number of benzene rings is 1. The fourth-order valence-corrected chi connectivity index (χ4v) is 2.77. The zero-order valence-electron chi connectivity index (χ0n) is 12.5. The molecule has 2 heterocycles. The summed E-state index contributed by atoms with van der Waals surface area (Å²) in [6.07, 6.45) is 2.67. The van der Waals surface area contributed by atoms with Gasteiger partial charge in [-0.1, -0.05) is 23.7 Å². The molecule has 0 fully saturated rings. The second kappa shape index (κ2) is 5.89. The Morgan fingerprint density at radius 1 is 1.27 bits per heavy atom. The zero-order chi connectivity index (χ0) is 15.7. The second-order valence-corrected chi connectivity index (χ2v) is 5.82. The summed E-state index contributed by atoms with van der Waals surface area (Å²) in [5.41, 5.74) is 4.12. The van der Waals surface area contributed by atoms with Gasteiger partial charge in [0.05, 0.1) is 11.8 Å². The fourth-order valence-electron chi connectivity index (χ4n) is 2.55. The first-order chi connectivity index (χ1) is 10.5. The Bertz CT molecular complexity index is 854. The van der Waals surface area contributed by atoms with Crippen molar-refractivity contribution < 1.29 is 4.79 Å². The summed E-state index contributed by atoms with van der Waals surface area (Å²) in [7, 11) is 0. The van der Waals surface area contributed by atoms with Gasteiger partial charge in [-0.05, 0) is 44.0 Å². The van der Waals surface area contributed by atoms with Gasteiger partial charge in [0, 0.05) is 22.8 Å². The van der Waals surface area contributed by atoms with Gasteiger partial charge < -0.3 is 0 Å². The Morgan fingerprint density at radius 3 is 2.86 bits per heavy atom. The van der Waals surface area contributed by atoms with E-state index in [1.165, 1.54) is 0 Å². The number of fused-ring (bicyclic) bond motifs is 1. The number of nitrogens with zero attached hydrogens (tertiary/aromatic N) is 3. The van der Waals surface area contributed by atoms with E-state index in [9.17, 15) is 4.79 Å². The van der Waals surface area contributed by atoms with Crippen molar-refractivity contribution in [1.29, 1.82) is 0 Å². The lowest BCUT2D eigenvalue weighted by Gasteiger charge is -2.03. The van der Waals surface area contributed by atoms with Gasteiger partial charge in [-0.15, -0.1) is 0 Å². The maximum Gasteiger partial charge on any atom is 0.168 e. The van der Waals surface area contributed by atoms with Crippen molar-refractivity contribution in [3.8, 4) is 0 Å². The van der Waals surface area contributed by atoms with Crippen LogP contribution < -0.4 is 0 Å². The highest BCUT2D eigenvalue weighted by Crippen LogP contribution is 2.16. The van der Waals surface area contributed by atoms with E-state index in [1.807, 2.05) is 44.2 Å². The lowest BCUT2D eigenvalue weighted by Crippen LogP contribution is -2.03. The molecule has 0 saturated heterocycles. The Morgan fingerprint density at radius 2 is 2.09 bits per heavy atom. The van der Waals surface area contributed by atoms with E-state index in [1.54, 1.807) is 10.7 Å². The lowest BCUT2D eigenvalue weighted by molar-refractivity contribution is 0.0984. The summed E-state index contributed by atoms with van der Waals surface area (Å²) in [5.74, 6) is 0.0486.